The zero-order valence-corrected chi connectivity index (χ0v) is 9.28. The maximum absolute atomic E-state index is 11.6. The van der Waals surface area contributed by atoms with E-state index in [-0.39, 0.29) is 16.9 Å². The molecule has 0 bridgehead atoms. The molecule has 4 nitrogen and oxygen atoms in total. The first-order chi connectivity index (χ1) is 7.00. The van der Waals surface area contributed by atoms with Gasteiger partial charge in [-0.3, -0.25) is 0 Å². The van der Waals surface area contributed by atoms with Gasteiger partial charge in [-0.25, -0.2) is 0 Å². The van der Waals surface area contributed by atoms with Gasteiger partial charge in [0, 0.05) is 0 Å². The third-order valence-corrected chi connectivity index (χ3v) is 3.26. The fourth-order valence-electron chi connectivity index (χ4n) is 1.38. The smallest absolute Gasteiger partial charge is 0.286 e. The molecular formula is C10H11NO3S. The van der Waals surface area contributed by atoms with Crippen LogP contribution in [0.3, 0.4) is 0 Å². The second-order valence-electron chi connectivity index (χ2n) is 3.53. The Kier molecular flexibility index (Phi) is 2.26. The highest BCUT2D eigenvalue weighted by molar-refractivity contribution is 7.90. The van der Waals surface area contributed by atoms with Crippen LogP contribution in [0.1, 0.15) is 19.4 Å². The third-order valence-electron chi connectivity index (χ3n) is 1.95. The lowest BCUT2D eigenvalue weighted by Crippen LogP contribution is -2.10. The largest absolute Gasteiger partial charge is 0.474 e. The van der Waals surface area contributed by atoms with Crippen LogP contribution in [0, 0.1) is 0 Å². The van der Waals surface area contributed by atoms with Gasteiger partial charge in [0.05, 0.1) is 11.7 Å². The molecule has 80 valence electrons. The van der Waals surface area contributed by atoms with Gasteiger partial charge in [0.25, 0.3) is 10.0 Å². The van der Waals surface area contributed by atoms with Gasteiger partial charge in [-0.05, 0) is 26.0 Å². The van der Waals surface area contributed by atoms with Gasteiger partial charge >= 0.3 is 0 Å². The Morgan fingerprint density at radius 1 is 1.27 bits per heavy atom. The molecule has 1 aliphatic rings. The molecule has 15 heavy (non-hydrogen) atoms. The minimum absolute atomic E-state index is 0.0925. The Bertz CT molecular complexity index is 517. The van der Waals surface area contributed by atoms with Crippen molar-refractivity contribution in [2.24, 2.45) is 4.40 Å². The third kappa shape index (κ3) is 1.74. The maximum Gasteiger partial charge on any atom is 0.286 e. The zero-order valence-electron chi connectivity index (χ0n) is 8.47. The molecule has 0 fully saturated rings. The van der Waals surface area contributed by atoms with Gasteiger partial charge in [-0.1, -0.05) is 12.1 Å². The molecule has 0 atom stereocenters. The van der Waals surface area contributed by atoms with Gasteiger partial charge in [0.2, 0.25) is 5.90 Å². The van der Waals surface area contributed by atoms with Gasteiger partial charge in [0.15, 0.2) is 0 Å². The molecule has 1 aliphatic heterocycles. The number of rotatable bonds is 1. The SMILES string of the molecule is CC(C)OC1=NS(=O)(=O)c2ccccc21. The lowest BCUT2D eigenvalue weighted by molar-refractivity contribution is 0.230. The minimum atomic E-state index is -3.54. The Labute approximate surface area is 88.7 Å². The van der Waals surface area contributed by atoms with Crippen molar-refractivity contribution < 1.29 is 13.2 Å². The van der Waals surface area contributed by atoms with Crippen molar-refractivity contribution in [1.29, 1.82) is 0 Å². The van der Waals surface area contributed by atoms with E-state index in [1.807, 2.05) is 13.8 Å². The van der Waals surface area contributed by atoms with Gasteiger partial charge < -0.3 is 4.74 Å². The van der Waals surface area contributed by atoms with Crippen LogP contribution in [0.2, 0.25) is 0 Å². The number of benzene rings is 1. The number of hydrogen-bond donors (Lipinski definition) is 0. The molecule has 1 aromatic rings. The normalized spacial score (nSPS) is 17.4. The van der Waals surface area contributed by atoms with E-state index in [0.717, 1.165) is 0 Å². The van der Waals surface area contributed by atoms with Crippen LogP contribution < -0.4 is 0 Å². The van der Waals surface area contributed by atoms with Crippen LogP contribution >= 0.6 is 0 Å². The lowest BCUT2D eigenvalue weighted by Gasteiger charge is -2.08. The summed E-state index contributed by atoms with van der Waals surface area (Å²) in [6.45, 7) is 3.66. The number of hydrogen-bond acceptors (Lipinski definition) is 3. The van der Waals surface area contributed by atoms with Crippen molar-refractivity contribution in [3.8, 4) is 0 Å². The topological polar surface area (TPSA) is 55.7 Å². The van der Waals surface area contributed by atoms with Crippen molar-refractivity contribution in [2.75, 3.05) is 0 Å². The molecule has 0 aliphatic carbocycles. The average molecular weight is 225 g/mol. The summed E-state index contributed by atoms with van der Waals surface area (Å²) < 4.78 is 32.1. The Hall–Kier alpha value is -1.36. The molecular weight excluding hydrogens is 214 g/mol. The Balaban J connectivity index is 2.54. The fraction of sp³-hybridized carbons (Fsp3) is 0.300. The summed E-state index contributed by atoms with van der Waals surface area (Å²) >= 11 is 0. The van der Waals surface area contributed by atoms with Crippen molar-refractivity contribution in [3.05, 3.63) is 29.8 Å². The van der Waals surface area contributed by atoms with Gasteiger partial charge in [-0.2, -0.15) is 8.42 Å². The van der Waals surface area contributed by atoms with Crippen LogP contribution in [0.15, 0.2) is 33.6 Å². The summed E-state index contributed by atoms with van der Waals surface area (Å²) in [6.07, 6.45) is -0.0925. The molecule has 0 N–H and O–H groups in total. The second kappa shape index (κ2) is 3.34. The molecule has 1 aromatic carbocycles. The summed E-state index contributed by atoms with van der Waals surface area (Å²) in [5, 5.41) is 0. The summed E-state index contributed by atoms with van der Waals surface area (Å²) in [5.74, 6) is 0.195. The standard InChI is InChI=1S/C10H11NO3S/c1-7(2)14-10-8-5-3-4-6-9(8)15(12,13)11-10/h3-7H,1-2H3. The molecule has 0 spiro atoms. The quantitative estimate of drug-likeness (QED) is 0.728. The predicted octanol–water partition coefficient (Wildman–Crippen LogP) is 1.56. The van der Waals surface area contributed by atoms with E-state index in [0.29, 0.717) is 5.56 Å². The van der Waals surface area contributed by atoms with E-state index in [2.05, 4.69) is 4.40 Å². The molecule has 0 radical (unpaired) electrons. The monoisotopic (exact) mass is 225 g/mol. The van der Waals surface area contributed by atoms with Crippen molar-refractivity contribution in [3.63, 3.8) is 0 Å². The van der Waals surface area contributed by atoms with Crippen LogP contribution in [-0.4, -0.2) is 20.4 Å². The van der Waals surface area contributed by atoms with E-state index in [4.69, 9.17) is 4.74 Å². The summed E-state index contributed by atoms with van der Waals surface area (Å²) in [7, 11) is -3.54. The first kappa shape index (κ1) is 10.2. The van der Waals surface area contributed by atoms with Crippen LogP contribution in [0.4, 0.5) is 0 Å². The molecule has 0 aromatic heterocycles. The zero-order chi connectivity index (χ0) is 11.1. The van der Waals surface area contributed by atoms with Crippen LogP contribution in [-0.2, 0) is 14.8 Å². The molecule has 2 rings (SSSR count). The minimum Gasteiger partial charge on any atom is -0.474 e. The van der Waals surface area contributed by atoms with Crippen molar-refractivity contribution >= 4 is 15.9 Å². The number of sulfonamides is 1. The molecule has 0 unspecified atom stereocenters. The molecule has 5 heteroatoms. The molecule has 1 heterocycles. The van der Waals surface area contributed by atoms with Crippen molar-refractivity contribution in [1.82, 2.24) is 0 Å². The van der Waals surface area contributed by atoms with E-state index in [9.17, 15) is 8.42 Å². The van der Waals surface area contributed by atoms with Gasteiger partial charge in [0.1, 0.15) is 4.90 Å². The highest BCUT2D eigenvalue weighted by Gasteiger charge is 2.29. The van der Waals surface area contributed by atoms with Crippen molar-refractivity contribution in [2.45, 2.75) is 24.8 Å². The van der Waals surface area contributed by atoms with E-state index in [1.54, 1.807) is 18.2 Å². The molecule has 0 saturated heterocycles. The van der Waals surface area contributed by atoms with E-state index in [1.165, 1.54) is 6.07 Å². The fourth-order valence-corrected chi connectivity index (χ4v) is 2.53. The average Bonchev–Trinajstić information content (AvgIpc) is 2.39. The Morgan fingerprint density at radius 2 is 1.93 bits per heavy atom. The lowest BCUT2D eigenvalue weighted by atomic mass is 10.2. The number of nitrogens with zero attached hydrogens (tertiary/aromatic N) is 1. The molecule has 0 amide bonds. The first-order valence-corrected chi connectivity index (χ1v) is 6.06. The maximum atomic E-state index is 11.6. The highest BCUT2D eigenvalue weighted by atomic mass is 32.2. The van der Waals surface area contributed by atoms with Gasteiger partial charge in [-0.15, -0.1) is 4.40 Å². The second-order valence-corrected chi connectivity index (χ2v) is 5.11. The summed E-state index contributed by atoms with van der Waals surface area (Å²) in [6, 6.07) is 6.66. The van der Waals surface area contributed by atoms with E-state index >= 15 is 0 Å². The van der Waals surface area contributed by atoms with E-state index < -0.39 is 10.0 Å². The van der Waals surface area contributed by atoms with Crippen LogP contribution in [0.25, 0.3) is 0 Å². The predicted molar refractivity (Wildman–Crippen MR) is 56.4 cm³/mol. The number of fused-ring (bicyclic) bond motifs is 1. The molecule has 0 saturated carbocycles. The summed E-state index contributed by atoms with van der Waals surface area (Å²) in [5.41, 5.74) is 0.547. The number of ether oxygens (including phenoxy) is 1. The van der Waals surface area contributed by atoms with Crippen LogP contribution in [0.5, 0.6) is 0 Å². The highest BCUT2D eigenvalue weighted by Crippen LogP contribution is 2.26. The Morgan fingerprint density at radius 3 is 2.60 bits per heavy atom. The first-order valence-electron chi connectivity index (χ1n) is 4.62. The summed E-state index contributed by atoms with van der Waals surface area (Å²) in [4.78, 5) is 0.223.